The summed E-state index contributed by atoms with van der Waals surface area (Å²) in [5.74, 6) is 1.13. The van der Waals surface area contributed by atoms with Crippen LogP contribution in [0.1, 0.15) is 29.6 Å². The Hall–Kier alpha value is -1.62. The van der Waals surface area contributed by atoms with Crippen molar-refractivity contribution in [3.63, 3.8) is 0 Å². The van der Waals surface area contributed by atoms with Crippen LogP contribution in [-0.2, 0) is 0 Å². The van der Waals surface area contributed by atoms with Gasteiger partial charge in [0, 0.05) is 25.2 Å². The molecule has 0 bridgehead atoms. The van der Waals surface area contributed by atoms with Crippen LogP contribution in [0.25, 0.3) is 0 Å². The Kier molecular flexibility index (Phi) is 3.38. The minimum atomic E-state index is -0.514. The van der Waals surface area contributed by atoms with E-state index >= 15 is 0 Å². The lowest BCUT2D eigenvalue weighted by Crippen LogP contribution is -2.29. The van der Waals surface area contributed by atoms with Crippen LogP contribution in [0, 0.1) is 22.0 Å². The number of nitro groups is 1. The molecule has 1 heterocycles. The van der Waals surface area contributed by atoms with Crippen LogP contribution < -0.4 is 0 Å². The average Bonchev–Trinajstić information content (AvgIpc) is 2.98. The van der Waals surface area contributed by atoms with Gasteiger partial charge in [0.2, 0.25) is 0 Å². The van der Waals surface area contributed by atoms with E-state index in [9.17, 15) is 14.9 Å². The Labute approximate surface area is 121 Å². The van der Waals surface area contributed by atoms with Gasteiger partial charge in [-0.1, -0.05) is 18.0 Å². The highest BCUT2D eigenvalue weighted by molar-refractivity contribution is 6.34. The highest BCUT2D eigenvalue weighted by Crippen LogP contribution is 2.38. The fourth-order valence-electron chi connectivity index (χ4n) is 3.36. The first-order chi connectivity index (χ1) is 9.56. The number of carbonyl (C=O) groups is 1. The van der Waals surface area contributed by atoms with Gasteiger partial charge in [-0.2, -0.15) is 0 Å². The number of amides is 1. The van der Waals surface area contributed by atoms with Crippen LogP contribution in [0.15, 0.2) is 18.2 Å². The van der Waals surface area contributed by atoms with E-state index < -0.39 is 4.92 Å². The molecule has 1 aliphatic carbocycles. The average molecular weight is 295 g/mol. The molecular weight excluding hydrogens is 280 g/mol. The van der Waals surface area contributed by atoms with Crippen molar-refractivity contribution in [1.29, 1.82) is 0 Å². The normalized spacial score (nSPS) is 24.8. The maximum absolute atomic E-state index is 12.5. The number of halogens is 1. The molecule has 3 rings (SSSR count). The molecule has 2 fully saturated rings. The molecule has 0 spiro atoms. The van der Waals surface area contributed by atoms with E-state index in [1.165, 1.54) is 37.5 Å². The Morgan fingerprint density at radius 1 is 1.30 bits per heavy atom. The van der Waals surface area contributed by atoms with Gasteiger partial charge in [-0.25, -0.2) is 0 Å². The second-order valence-corrected chi connectivity index (χ2v) is 5.99. The molecule has 1 aromatic rings. The fourth-order valence-corrected chi connectivity index (χ4v) is 3.62. The van der Waals surface area contributed by atoms with Gasteiger partial charge in [-0.15, -0.1) is 0 Å². The van der Waals surface area contributed by atoms with Gasteiger partial charge in [-0.05, 0) is 30.7 Å². The molecule has 2 unspecified atom stereocenters. The molecule has 1 amide bonds. The predicted molar refractivity (Wildman–Crippen MR) is 74.8 cm³/mol. The molecule has 0 aromatic heterocycles. The highest BCUT2D eigenvalue weighted by Gasteiger charge is 2.38. The van der Waals surface area contributed by atoms with Crippen molar-refractivity contribution in [2.24, 2.45) is 11.8 Å². The highest BCUT2D eigenvalue weighted by atomic mass is 35.5. The van der Waals surface area contributed by atoms with Crippen LogP contribution >= 0.6 is 11.6 Å². The largest absolute Gasteiger partial charge is 0.338 e. The zero-order valence-corrected chi connectivity index (χ0v) is 11.7. The number of nitrogens with zero attached hydrogens (tertiary/aromatic N) is 2. The molecule has 0 radical (unpaired) electrons. The van der Waals surface area contributed by atoms with E-state index in [2.05, 4.69) is 0 Å². The number of hydrogen-bond acceptors (Lipinski definition) is 3. The number of nitro benzene ring substituents is 1. The van der Waals surface area contributed by atoms with Gasteiger partial charge < -0.3 is 4.90 Å². The first-order valence-corrected chi connectivity index (χ1v) is 7.17. The fraction of sp³-hybridized carbons (Fsp3) is 0.500. The van der Waals surface area contributed by atoms with Gasteiger partial charge in [0.05, 0.1) is 15.5 Å². The number of non-ortho nitro benzene ring substituents is 1. The second kappa shape index (κ2) is 5.05. The Bertz CT molecular complexity index is 564. The number of benzene rings is 1. The second-order valence-electron chi connectivity index (χ2n) is 5.58. The lowest BCUT2D eigenvalue weighted by atomic mass is 10.0. The molecule has 6 heteroatoms. The summed E-state index contributed by atoms with van der Waals surface area (Å²) >= 11 is 6.02. The predicted octanol–water partition coefficient (Wildman–Crippen LogP) is 3.12. The summed E-state index contributed by atoms with van der Waals surface area (Å²) in [4.78, 5) is 24.4. The van der Waals surface area contributed by atoms with E-state index in [1.807, 2.05) is 4.90 Å². The zero-order chi connectivity index (χ0) is 14.3. The van der Waals surface area contributed by atoms with Gasteiger partial charge in [0.1, 0.15) is 0 Å². The van der Waals surface area contributed by atoms with Gasteiger partial charge in [-0.3, -0.25) is 14.9 Å². The van der Waals surface area contributed by atoms with Gasteiger partial charge in [0.15, 0.2) is 0 Å². The summed E-state index contributed by atoms with van der Waals surface area (Å²) < 4.78 is 0. The van der Waals surface area contributed by atoms with Gasteiger partial charge >= 0.3 is 0 Å². The molecule has 5 nitrogen and oxygen atoms in total. The van der Waals surface area contributed by atoms with Crippen molar-refractivity contribution in [1.82, 2.24) is 4.90 Å². The third kappa shape index (κ3) is 2.26. The van der Waals surface area contributed by atoms with E-state index in [4.69, 9.17) is 11.6 Å². The van der Waals surface area contributed by atoms with Crippen molar-refractivity contribution >= 4 is 23.2 Å². The number of carbonyl (C=O) groups excluding carboxylic acids is 1. The summed E-state index contributed by atoms with van der Waals surface area (Å²) in [5, 5.41) is 10.8. The number of rotatable bonds is 2. The molecule has 1 aromatic carbocycles. The first kappa shape index (κ1) is 13.4. The third-order valence-corrected chi connectivity index (χ3v) is 4.72. The smallest absolute Gasteiger partial charge is 0.270 e. The van der Waals surface area contributed by atoms with E-state index in [0.29, 0.717) is 17.4 Å². The molecule has 106 valence electrons. The minimum absolute atomic E-state index is 0.0927. The molecular formula is C14H15ClN2O3. The van der Waals surface area contributed by atoms with Crippen LogP contribution in [0.2, 0.25) is 5.02 Å². The summed E-state index contributed by atoms with van der Waals surface area (Å²) in [7, 11) is 0. The lowest BCUT2D eigenvalue weighted by molar-refractivity contribution is -0.384. The number of likely N-dealkylation sites (tertiary alicyclic amines) is 1. The van der Waals surface area contributed by atoms with E-state index in [1.54, 1.807) is 0 Å². The zero-order valence-electron chi connectivity index (χ0n) is 10.9. The molecule has 1 saturated heterocycles. The van der Waals surface area contributed by atoms with Crippen molar-refractivity contribution in [3.05, 3.63) is 38.9 Å². The monoisotopic (exact) mass is 294 g/mol. The Morgan fingerprint density at radius 3 is 2.50 bits per heavy atom. The molecule has 1 aliphatic heterocycles. The Morgan fingerprint density at radius 2 is 1.95 bits per heavy atom. The Balaban J connectivity index is 1.79. The minimum Gasteiger partial charge on any atom is -0.338 e. The standard InChI is InChI=1S/C14H15ClN2O3/c15-13-6-11(17(19)20)4-5-12(13)14(18)16-7-9-2-1-3-10(9)8-16/h4-6,9-10H,1-3,7-8H2. The summed E-state index contributed by atoms with van der Waals surface area (Å²) in [6.45, 7) is 1.58. The summed E-state index contributed by atoms with van der Waals surface area (Å²) in [5.41, 5.74) is 0.266. The molecule has 2 atom stereocenters. The maximum atomic E-state index is 12.5. The molecule has 1 saturated carbocycles. The SMILES string of the molecule is O=C(c1ccc([N+](=O)[O-])cc1Cl)N1CC2CCCC2C1. The number of hydrogen-bond donors (Lipinski definition) is 0. The first-order valence-electron chi connectivity index (χ1n) is 6.79. The summed E-state index contributed by atoms with van der Waals surface area (Å²) in [6, 6.07) is 4.03. The molecule has 0 N–H and O–H groups in total. The van der Waals surface area contributed by atoms with Crippen LogP contribution in [-0.4, -0.2) is 28.8 Å². The van der Waals surface area contributed by atoms with Crippen molar-refractivity contribution in [2.75, 3.05) is 13.1 Å². The van der Waals surface area contributed by atoms with E-state index in [-0.39, 0.29) is 16.6 Å². The van der Waals surface area contributed by atoms with Crippen LogP contribution in [0.3, 0.4) is 0 Å². The topological polar surface area (TPSA) is 63.4 Å². The number of fused-ring (bicyclic) bond motifs is 1. The van der Waals surface area contributed by atoms with Crippen molar-refractivity contribution in [3.8, 4) is 0 Å². The van der Waals surface area contributed by atoms with Gasteiger partial charge in [0.25, 0.3) is 11.6 Å². The molecule has 2 aliphatic rings. The van der Waals surface area contributed by atoms with Crippen molar-refractivity contribution < 1.29 is 9.72 Å². The van der Waals surface area contributed by atoms with Crippen LogP contribution in [0.5, 0.6) is 0 Å². The lowest BCUT2D eigenvalue weighted by Gasteiger charge is -2.18. The quantitative estimate of drug-likeness (QED) is 0.622. The molecule has 20 heavy (non-hydrogen) atoms. The maximum Gasteiger partial charge on any atom is 0.270 e. The van der Waals surface area contributed by atoms with Crippen molar-refractivity contribution in [2.45, 2.75) is 19.3 Å². The van der Waals surface area contributed by atoms with Crippen LogP contribution in [0.4, 0.5) is 5.69 Å². The van der Waals surface area contributed by atoms with E-state index in [0.717, 1.165) is 13.1 Å². The third-order valence-electron chi connectivity index (χ3n) is 4.41. The summed E-state index contributed by atoms with van der Waals surface area (Å²) in [6.07, 6.45) is 3.65.